The Balaban J connectivity index is 1.24. The highest BCUT2D eigenvalue weighted by Gasteiger charge is 2.30. The van der Waals surface area contributed by atoms with Gasteiger partial charge in [-0.1, -0.05) is 12.2 Å². The molecule has 1 amide bonds. The van der Waals surface area contributed by atoms with E-state index in [0.717, 1.165) is 29.0 Å². The number of carbonyl (C=O) groups is 1. The van der Waals surface area contributed by atoms with Gasteiger partial charge in [-0.15, -0.1) is 0 Å². The summed E-state index contributed by atoms with van der Waals surface area (Å²) < 4.78 is 0. The molecular formula is C24H25N5O. The maximum absolute atomic E-state index is 12.6. The van der Waals surface area contributed by atoms with Crippen LogP contribution in [0.25, 0.3) is 11.0 Å². The fraction of sp³-hybridized carbons (Fsp3) is 0.333. The number of hydrogen-bond acceptors (Lipinski definition) is 5. The first-order chi connectivity index (χ1) is 14.7. The van der Waals surface area contributed by atoms with Crippen molar-refractivity contribution >= 4 is 22.7 Å². The van der Waals surface area contributed by atoms with E-state index in [1.54, 1.807) is 24.5 Å². The standard InChI is InChI=1S/C24H25N5O/c25-20(15-1-2-15)14-22(16-3-4-16)28-18-6-8-19(9-7-18)29-24(30)17-5-10-21-23(13-17)27-12-11-26-21/h5-6,8-16,18H,1-4,7,25H2,(H,29,30). The molecule has 1 unspecified atom stereocenters. The summed E-state index contributed by atoms with van der Waals surface area (Å²) in [6.07, 6.45) is 17.0. The molecule has 152 valence electrons. The van der Waals surface area contributed by atoms with E-state index in [0.29, 0.717) is 22.9 Å². The van der Waals surface area contributed by atoms with Crippen LogP contribution in [0.4, 0.5) is 0 Å². The van der Waals surface area contributed by atoms with Gasteiger partial charge >= 0.3 is 0 Å². The lowest BCUT2D eigenvalue weighted by Gasteiger charge is -2.15. The highest BCUT2D eigenvalue weighted by atomic mass is 16.1. The van der Waals surface area contributed by atoms with E-state index in [4.69, 9.17) is 10.7 Å². The molecule has 0 spiro atoms. The summed E-state index contributed by atoms with van der Waals surface area (Å²) >= 11 is 0. The number of nitrogens with two attached hydrogens (primary N) is 1. The molecular weight excluding hydrogens is 374 g/mol. The molecule has 2 saturated carbocycles. The van der Waals surface area contributed by atoms with Gasteiger partial charge in [0.1, 0.15) is 0 Å². The average molecular weight is 399 g/mol. The molecule has 6 heteroatoms. The van der Waals surface area contributed by atoms with E-state index in [1.807, 2.05) is 18.2 Å². The van der Waals surface area contributed by atoms with Gasteiger partial charge in [0.15, 0.2) is 0 Å². The lowest BCUT2D eigenvalue weighted by Crippen LogP contribution is -2.23. The van der Waals surface area contributed by atoms with Crippen molar-refractivity contribution in [2.24, 2.45) is 22.6 Å². The van der Waals surface area contributed by atoms with Crippen molar-refractivity contribution in [3.05, 3.63) is 71.9 Å². The van der Waals surface area contributed by atoms with Gasteiger partial charge in [-0.25, -0.2) is 0 Å². The zero-order valence-electron chi connectivity index (χ0n) is 16.8. The maximum atomic E-state index is 12.6. The summed E-state index contributed by atoms with van der Waals surface area (Å²) in [6.45, 7) is 0. The fourth-order valence-corrected chi connectivity index (χ4v) is 3.64. The van der Waals surface area contributed by atoms with E-state index >= 15 is 0 Å². The Kier molecular flexibility index (Phi) is 4.91. The maximum Gasteiger partial charge on any atom is 0.255 e. The number of nitrogens with one attached hydrogen (secondary N) is 1. The number of aliphatic imine (C=N–C) groups is 1. The molecule has 3 aliphatic rings. The highest BCUT2D eigenvalue weighted by molar-refractivity contribution is 5.99. The Hall–Kier alpha value is -3.28. The molecule has 3 aliphatic carbocycles. The minimum atomic E-state index is -0.154. The molecule has 0 bridgehead atoms. The van der Waals surface area contributed by atoms with Crippen LogP contribution in [0.1, 0.15) is 42.5 Å². The smallest absolute Gasteiger partial charge is 0.255 e. The summed E-state index contributed by atoms with van der Waals surface area (Å²) in [6, 6.07) is 5.44. The van der Waals surface area contributed by atoms with Crippen molar-refractivity contribution in [2.75, 3.05) is 0 Å². The molecule has 2 fully saturated rings. The minimum Gasteiger partial charge on any atom is -0.402 e. The van der Waals surface area contributed by atoms with Crippen LogP contribution >= 0.6 is 0 Å². The number of amides is 1. The molecule has 5 rings (SSSR count). The largest absolute Gasteiger partial charge is 0.402 e. The molecule has 1 heterocycles. The minimum absolute atomic E-state index is 0.0976. The Labute approximate surface area is 175 Å². The van der Waals surface area contributed by atoms with Crippen LogP contribution in [0, 0.1) is 11.8 Å². The van der Waals surface area contributed by atoms with Crippen LogP contribution in [0.3, 0.4) is 0 Å². The lowest BCUT2D eigenvalue weighted by atomic mass is 10.1. The Morgan fingerprint density at radius 1 is 1.10 bits per heavy atom. The van der Waals surface area contributed by atoms with Crippen LogP contribution in [-0.2, 0) is 0 Å². The normalized spacial score (nSPS) is 22.1. The van der Waals surface area contributed by atoms with Crippen molar-refractivity contribution < 1.29 is 4.79 Å². The number of rotatable bonds is 6. The zero-order chi connectivity index (χ0) is 20.5. The number of fused-ring (bicyclic) bond motifs is 1. The number of allylic oxidation sites excluding steroid dienone is 3. The molecule has 3 N–H and O–H groups in total. The predicted molar refractivity (Wildman–Crippen MR) is 118 cm³/mol. The molecule has 6 nitrogen and oxygen atoms in total. The summed E-state index contributed by atoms with van der Waals surface area (Å²) in [4.78, 5) is 26.1. The summed E-state index contributed by atoms with van der Waals surface area (Å²) in [7, 11) is 0. The van der Waals surface area contributed by atoms with Gasteiger partial charge in [-0.2, -0.15) is 0 Å². The Morgan fingerprint density at radius 3 is 2.57 bits per heavy atom. The van der Waals surface area contributed by atoms with Crippen LogP contribution in [-0.4, -0.2) is 27.6 Å². The first kappa shape index (κ1) is 18.7. The van der Waals surface area contributed by atoms with Gasteiger partial charge in [-0.3, -0.25) is 19.8 Å². The molecule has 1 atom stereocenters. The van der Waals surface area contributed by atoms with Crippen molar-refractivity contribution in [2.45, 2.75) is 38.1 Å². The average Bonchev–Trinajstić information content (AvgIpc) is 3.66. The molecule has 1 aromatic carbocycles. The Morgan fingerprint density at radius 2 is 1.87 bits per heavy atom. The topological polar surface area (TPSA) is 93.3 Å². The van der Waals surface area contributed by atoms with Gasteiger partial charge < -0.3 is 11.1 Å². The fourth-order valence-electron chi connectivity index (χ4n) is 3.64. The quantitative estimate of drug-likeness (QED) is 0.725. The van der Waals surface area contributed by atoms with E-state index < -0.39 is 0 Å². The molecule has 0 aliphatic heterocycles. The zero-order valence-corrected chi connectivity index (χ0v) is 16.8. The van der Waals surface area contributed by atoms with E-state index in [9.17, 15) is 4.79 Å². The molecule has 2 aromatic rings. The van der Waals surface area contributed by atoms with Gasteiger partial charge in [-0.05, 0) is 68.4 Å². The SMILES string of the molecule is NC(=CC(=NC1C=CC(NC(=O)c2ccc3nccnc3c2)=CC1)C1CC1)C1CC1. The Bertz CT molecular complexity index is 1110. The van der Waals surface area contributed by atoms with Gasteiger partial charge in [0.05, 0.1) is 17.1 Å². The highest BCUT2D eigenvalue weighted by Crippen LogP contribution is 2.36. The number of benzene rings is 1. The number of nitrogens with zero attached hydrogens (tertiary/aromatic N) is 3. The van der Waals surface area contributed by atoms with E-state index in [-0.39, 0.29) is 11.9 Å². The third kappa shape index (κ3) is 4.32. The van der Waals surface area contributed by atoms with Crippen LogP contribution in [0.2, 0.25) is 0 Å². The summed E-state index contributed by atoms with van der Waals surface area (Å²) in [5.41, 5.74) is 11.2. The van der Waals surface area contributed by atoms with Crippen LogP contribution in [0.15, 0.2) is 71.3 Å². The van der Waals surface area contributed by atoms with Crippen molar-refractivity contribution in [1.29, 1.82) is 0 Å². The van der Waals surface area contributed by atoms with E-state index in [1.165, 1.54) is 25.7 Å². The van der Waals surface area contributed by atoms with Gasteiger partial charge in [0.25, 0.3) is 5.91 Å². The molecule has 0 saturated heterocycles. The van der Waals surface area contributed by atoms with Gasteiger partial charge in [0, 0.05) is 41.0 Å². The molecule has 0 radical (unpaired) electrons. The second-order valence-electron chi connectivity index (χ2n) is 8.28. The van der Waals surface area contributed by atoms with Gasteiger partial charge in [0.2, 0.25) is 0 Å². The number of carbonyl (C=O) groups excluding carboxylic acids is 1. The second-order valence-corrected chi connectivity index (χ2v) is 8.28. The monoisotopic (exact) mass is 399 g/mol. The van der Waals surface area contributed by atoms with Crippen molar-refractivity contribution in [3.8, 4) is 0 Å². The third-order valence-corrected chi connectivity index (χ3v) is 5.74. The number of aromatic nitrogens is 2. The molecule has 1 aromatic heterocycles. The van der Waals surface area contributed by atoms with Crippen LogP contribution < -0.4 is 11.1 Å². The van der Waals surface area contributed by atoms with Crippen molar-refractivity contribution in [1.82, 2.24) is 15.3 Å². The predicted octanol–water partition coefficient (Wildman–Crippen LogP) is 3.68. The number of hydrogen-bond donors (Lipinski definition) is 2. The summed E-state index contributed by atoms with van der Waals surface area (Å²) in [5.74, 6) is 0.981. The summed E-state index contributed by atoms with van der Waals surface area (Å²) in [5, 5.41) is 2.97. The van der Waals surface area contributed by atoms with Crippen molar-refractivity contribution in [3.63, 3.8) is 0 Å². The van der Waals surface area contributed by atoms with E-state index in [2.05, 4.69) is 27.4 Å². The first-order valence-corrected chi connectivity index (χ1v) is 10.6. The first-order valence-electron chi connectivity index (χ1n) is 10.6. The third-order valence-electron chi connectivity index (χ3n) is 5.74. The molecule has 30 heavy (non-hydrogen) atoms. The van der Waals surface area contributed by atoms with Crippen LogP contribution in [0.5, 0.6) is 0 Å². The lowest BCUT2D eigenvalue weighted by molar-refractivity contribution is 0.0967. The second kappa shape index (κ2) is 7.86.